The molecule has 0 amide bonds. The summed E-state index contributed by atoms with van der Waals surface area (Å²) in [5, 5.41) is 0. The molecule has 0 aliphatic carbocycles. The number of rotatable bonds is 15. The lowest BCUT2D eigenvalue weighted by molar-refractivity contribution is -0.316. The van der Waals surface area contributed by atoms with E-state index in [2.05, 4.69) is 0 Å². The van der Waals surface area contributed by atoms with Gasteiger partial charge in [0.05, 0.1) is 33.0 Å². The third-order valence-electron chi connectivity index (χ3n) is 8.03. The van der Waals surface area contributed by atoms with Crippen molar-refractivity contribution in [3.05, 3.63) is 144 Å². The van der Waals surface area contributed by atoms with Crippen molar-refractivity contribution in [1.82, 2.24) is 0 Å². The smallest absolute Gasteiger partial charge is 0.278 e. The molecule has 5 nitrogen and oxygen atoms in total. The van der Waals surface area contributed by atoms with Crippen molar-refractivity contribution in [3.63, 3.8) is 0 Å². The normalized spacial score (nSPS) is 22.0. The number of hydrogen-bond donors (Lipinski definition) is 0. The van der Waals surface area contributed by atoms with Crippen LogP contribution in [-0.4, -0.2) is 43.0 Å². The largest absolute Gasteiger partial charge is 0.374 e. The molecule has 0 unspecified atom stereocenters. The molecule has 5 atom stereocenters. The van der Waals surface area contributed by atoms with Crippen molar-refractivity contribution < 1.29 is 32.5 Å². The average molecular weight is 617 g/mol. The lowest BCUT2D eigenvalue weighted by Gasteiger charge is -2.48. The van der Waals surface area contributed by atoms with E-state index in [1.165, 1.54) is 13.8 Å². The van der Waals surface area contributed by atoms with Gasteiger partial charge < -0.3 is 23.7 Å². The van der Waals surface area contributed by atoms with Crippen LogP contribution < -0.4 is 0 Å². The minimum absolute atomic E-state index is 0.0373. The predicted molar refractivity (Wildman–Crippen MR) is 170 cm³/mol. The summed E-state index contributed by atoms with van der Waals surface area (Å²) in [6, 6.07) is 38.6. The molecule has 45 heavy (non-hydrogen) atoms. The third-order valence-corrected chi connectivity index (χ3v) is 8.03. The fraction of sp³-hybridized carbons (Fsp3) is 0.368. The summed E-state index contributed by atoms with van der Waals surface area (Å²) >= 11 is 0. The number of ether oxygens (including phenoxy) is 5. The van der Waals surface area contributed by atoms with E-state index in [-0.39, 0.29) is 26.4 Å². The molecule has 1 fully saturated rings. The number of hydrogen-bond acceptors (Lipinski definition) is 5. The number of halogens is 2. The van der Waals surface area contributed by atoms with E-state index < -0.39 is 42.4 Å². The summed E-state index contributed by atoms with van der Waals surface area (Å²) < 4.78 is 64.2. The highest BCUT2D eigenvalue weighted by atomic mass is 19.3. The Morgan fingerprint density at radius 3 is 1.36 bits per heavy atom. The van der Waals surface area contributed by atoms with Crippen molar-refractivity contribution in [2.24, 2.45) is 5.92 Å². The fourth-order valence-corrected chi connectivity index (χ4v) is 5.43. The highest BCUT2D eigenvalue weighted by Crippen LogP contribution is 2.40. The Balaban J connectivity index is 1.48. The van der Waals surface area contributed by atoms with Crippen molar-refractivity contribution in [1.29, 1.82) is 0 Å². The van der Waals surface area contributed by atoms with E-state index in [1.54, 1.807) is 0 Å². The highest BCUT2D eigenvalue weighted by Gasteiger charge is 2.58. The molecule has 1 heterocycles. The first-order valence-electron chi connectivity index (χ1n) is 15.5. The van der Waals surface area contributed by atoms with Crippen LogP contribution in [0, 0.1) is 5.92 Å². The monoisotopic (exact) mass is 616 g/mol. The molecule has 4 aromatic rings. The highest BCUT2D eigenvalue weighted by molar-refractivity contribution is 5.17. The Morgan fingerprint density at radius 1 is 0.556 bits per heavy atom. The molecule has 1 saturated heterocycles. The van der Waals surface area contributed by atoms with E-state index in [0.29, 0.717) is 6.61 Å². The molecule has 7 heteroatoms. The van der Waals surface area contributed by atoms with Gasteiger partial charge in [-0.1, -0.05) is 135 Å². The van der Waals surface area contributed by atoms with Crippen LogP contribution >= 0.6 is 0 Å². The predicted octanol–water partition coefficient (Wildman–Crippen LogP) is 8.02. The Labute approximate surface area is 265 Å². The molecular formula is C38H42F2O5. The van der Waals surface area contributed by atoms with Crippen LogP contribution in [0.4, 0.5) is 8.78 Å². The first-order valence-corrected chi connectivity index (χ1v) is 15.5. The van der Waals surface area contributed by atoms with Gasteiger partial charge in [0.1, 0.15) is 24.4 Å². The lowest BCUT2D eigenvalue weighted by Crippen LogP contribution is -2.66. The summed E-state index contributed by atoms with van der Waals surface area (Å²) in [5.74, 6) is -4.23. The summed E-state index contributed by atoms with van der Waals surface area (Å²) in [7, 11) is 0. The summed E-state index contributed by atoms with van der Waals surface area (Å²) in [6.45, 7) is 3.89. The van der Waals surface area contributed by atoms with Gasteiger partial charge in [-0.15, -0.1) is 0 Å². The molecule has 1 aliphatic heterocycles. The standard InChI is InChI=1S/C38H42F2O5/c1-28(2)38(39,40)37-36(44-26-32-21-13-6-14-22-32)35(43-25-31-19-11-5-12-20-31)34(42-24-30-17-9-4-10-18-30)33(45-37)27-41-23-29-15-7-3-8-16-29/h3-22,28,33-37H,23-27H2,1-2H3/t33-,34+,35+,36-,37-/m1/s1. The van der Waals surface area contributed by atoms with Gasteiger partial charge in [-0.25, -0.2) is 8.78 Å². The summed E-state index contributed by atoms with van der Waals surface area (Å²) in [5.41, 5.74) is 3.69. The van der Waals surface area contributed by atoms with Gasteiger partial charge in [0.15, 0.2) is 6.10 Å². The third kappa shape index (κ3) is 9.06. The Hall–Kier alpha value is -3.46. The lowest BCUT2D eigenvalue weighted by atomic mass is 9.87. The van der Waals surface area contributed by atoms with Gasteiger partial charge in [-0.2, -0.15) is 0 Å². The Bertz CT molecular complexity index is 1390. The van der Waals surface area contributed by atoms with Crippen LogP contribution in [0.3, 0.4) is 0 Å². The number of benzene rings is 4. The second-order valence-corrected chi connectivity index (χ2v) is 11.7. The van der Waals surface area contributed by atoms with E-state index in [4.69, 9.17) is 23.7 Å². The summed E-state index contributed by atoms with van der Waals surface area (Å²) in [4.78, 5) is 0. The maximum atomic E-state index is 16.1. The zero-order valence-electron chi connectivity index (χ0n) is 25.8. The van der Waals surface area contributed by atoms with Gasteiger partial charge in [0.25, 0.3) is 5.92 Å². The molecule has 4 aromatic carbocycles. The fourth-order valence-electron chi connectivity index (χ4n) is 5.43. The molecule has 0 N–H and O–H groups in total. The van der Waals surface area contributed by atoms with Crippen molar-refractivity contribution in [2.45, 2.75) is 76.7 Å². The molecule has 0 saturated carbocycles. The molecule has 238 valence electrons. The Kier molecular flexibility index (Phi) is 11.9. The summed E-state index contributed by atoms with van der Waals surface area (Å²) in [6.07, 6.45) is -5.21. The van der Waals surface area contributed by atoms with Crippen molar-refractivity contribution in [3.8, 4) is 0 Å². The Morgan fingerprint density at radius 2 is 0.933 bits per heavy atom. The SMILES string of the molecule is CC(C)C(F)(F)[C@@H]1O[C@H](COCc2ccccc2)[C@H](OCc2ccccc2)[C@H](OCc2ccccc2)[C@H]1OCc1ccccc1. The van der Waals surface area contributed by atoms with Gasteiger partial charge in [-0.05, 0) is 22.3 Å². The van der Waals surface area contributed by atoms with Crippen LogP contribution in [0.15, 0.2) is 121 Å². The van der Waals surface area contributed by atoms with Crippen LogP contribution in [0.1, 0.15) is 36.1 Å². The average Bonchev–Trinajstić information content (AvgIpc) is 3.07. The van der Waals surface area contributed by atoms with E-state index >= 15 is 8.78 Å². The molecule has 1 aliphatic rings. The van der Waals surface area contributed by atoms with Crippen molar-refractivity contribution in [2.75, 3.05) is 6.61 Å². The first-order chi connectivity index (χ1) is 21.9. The maximum absolute atomic E-state index is 16.1. The van der Waals surface area contributed by atoms with Crippen molar-refractivity contribution >= 4 is 0 Å². The minimum atomic E-state index is -3.22. The molecular weight excluding hydrogens is 574 g/mol. The topological polar surface area (TPSA) is 46.2 Å². The van der Waals surface area contributed by atoms with E-state index in [0.717, 1.165) is 22.3 Å². The molecule has 0 radical (unpaired) electrons. The van der Waals surface area contributed by atoms with E-state index in [1.807, 2.05) is 121 Å². The van der Waals surface area contributed by atoms with E-state index in [9.17, 15) is 0 Å². The second kappa shape index (κ2) is 16.2. The van der Waals surface area contributed by atoms with Gasteiger partial charge >= 0.3 is 0 Å². The van der Waals surface area contributed by atoms with Crippen LogP contribution in [0.2, 0.25) is 0 Å². The molecule has 0 spiro atoms. The molecule has 0 aromatic heterocycles. The molecule has 5 rings (SSSR count). The van der Waals surface area contributed by atoms with Crippen LogP contribution in [0.5, 0.6) is 0 Å². The maximum Gasteiger partial charge on any atom is 0.278 e. The minimum Gasteiger partial charge on any atom is -0.374 e. The zero-order valence-corrected chi connectivity index (χ0v) is 25.8. The van der Waals surface area contributed by atoms with Crippen LogP contribution in [-0.2, 0) is 50.1 Å². The van der Waals surface area contributed by atoms with Gasteiger partial charge in [-0.3, -0.25) is 0 Å². The van der Waals surface area contributed by atoms with Gasteiger partial charge in [0.2, 0.25) is 0 Å². The molecule has 0 bridgehead atoms. The van der Waals surface area contributed by atoms with Gasteiger partial charge in [0, 0.05) is 5.92 Å². The first kappa shape index (κ1) is 32.9. The number of alkyl halides is 2. The zero-order chi connectivity index (χ0) is 31.5. The van der Waals surface area contributed by atoms with Crippen LogP contribution in [0.25, 0.3) is 0 Å². The second-order valence-electron chi connectivity index (χ2n) is 11.7. The quantitative estimate of drug-likeness (QED) is 0.135.